The summed E-state index contributed by atoms with van der Waals surface area (Å²) in [5, 5.41) is 6.68. The molecule has 1 aromatic carbocycles. The van der Waals surface area contributed by atoms with Gasteiger partial charge in [0.25, 0.3) is 0 Å². The second-order valence-corrected chi connectivity index (χ2v) is 9.87. The Bertz CT molecular complexity index is 697. The molecule has 1 fully saturated rings. The van der Waals surface area contributed by atoms with Crippen molar-refractivity contribution in [2.45, 2.75) is 32.2 Å². The predicted molar refractivity (Wildman–Crippen MR) is 128 cm³/mol. The first-order valence-corrected chi connectivity index (χ1v) is 11.8. The summed E-state index contributed by atoms with van der Waals surface area (Å²) in [6.45, 7) is 6.24. The van der Waals surface area contributed by atoms with Gasteiger partial charge in [0.2, 0.25) is 0 Å². The summed E-state index contributed by atoms with van der Waals surface area (Å²) < 4.78 is 22.6. The van der Waals surface area contributed by atoms with Crippen LogP contribution in [-0.2, 0) is 16.3 Å². The highest BCUT2D eigenvalue weighted by atomic mass is 127. The number of benzene rings is 1. The van der Waals surface area contributed by atoms with Crippen LogP contribution >= 0.6 is 24.0 Å². The molecule has 6 nitrogen and oxygen atoms in total. The Balaban J connectivity index is 0.00000392. The first-order valence-electron chi connectivity index (χ1n) is 9.77. The van der Waals surface area contributed by atoms with Gasteiger partial charge in [-0.2, -0.15) is 0 Å². The fraction of sp³-hybridized carbons (Fsp3) is 0.650. The first kappa shape index (κ1) is 25.2. The molecule has 1 aliphatic rings. The molecule has 0 aliphatic carbocycles. The standard InChI is InChI=1S/C20H34N4O2S.HI/c1-17(11-14-27(3,25)26)23-20(21-2)22-15-19-10-13-24(16-19)12-9-18-7-5-4-6-8-18;/h4-8,17,19H,9-16H2,1-3H3,(H2,21,22,23);1H. The van der Waals surface area contributed by atoms with Gasteiger partial charge in [-0.1, -0.05) is 30.3 Å². The molecule has 1 saturated heterocycles. The van der Waals surface area contributed by atoms with Crippen LogP contribution in [0.5, 0.6) is 0 Å². The van der Waals surface area contributed by atoms with Crippen LogP contribution in [0.1, 0.15) is 25.3 Å². The summed E-state index contributed by atoms with van der Waals surface area (Å²) in [4.78, 5) is 6.79. The van der Waals surface area contributed by atoms with Crippen molar-refractivity contribution in [3.8, 4) is 0 Å². The van der Waals surface area contributed by atoms with Crippen molar-refractivity contribution in [1.82, 2.24) is 15.5 Å². The lowest BCUT2D eigenvalue weighted by Crippen LogP contribution is -2.44. The zero-order valence-electron chi connectivity index (χ0n) is 17.2. The molecule has 1 aromatic rings. The molecular weight excluding hydrogens is 487 g/mol. The molecule has 0 aromatic heterocycles. The van der Waals surface area contributed by atoms with E-state index in [1.54, 1.807) is 7.05 Å². The summed E-state index contributed by atoms with van der Waals surface area (Å²) >= 11 is 0. The third-order valence-electron chi connectivity index (χ3n) is 5.02. The number of nitrogens with one attached hydrogen (secondary N) is 2. The predicted octanol–water partition coefficient (Wildman–Crippen LogP) is 2.16. The van der Waals surface area contributed by atoms with E-state index < -0.39 is 9.84 Å². The molecule has 0 radical (unpaired) electrons. The highest BCUT2D eigenvalue weighted by Gasteiger charge is 2.22. The fourth-order valence-electron chi connectivity index (χ4n) is 3.35. The second-order valence-electron chi connectivity index (χ2n) is 7.61. The summed E-state index contributed by atoms with van der Waals surface area (Å²) in [5.74, 6) is 1.56. The number of halogens is 1. The topological polar surface area (TPSA) is 73.8 Å². The highest BCUT2D eigenvalue weighted by molar-refractivity contribution is 14.0. The largest absolute Gasteiger partial charge is 0.356 e. The van der Waals surface area contributed by atoms with E-state index in [0.29, 0.717) is 12.3 Å². The van der Waals surface area contributed by atoms with Gasteiger partial charge in [-0.3, -0.25) is 4.99 Å². The van der Waals surface area contributed by atoms with Crippen molar-refractivity contribution in [2.24, 2.45) is 10.9 Å². The molecule has 8 heteroatoms. The van der Waals surface area contributed by atoms with Crippen molar-refractivity contribution >= 4 is 39.8 Å². The number of hydrogen-bond acceptors (Lipinski definition) is 4. The summed E-state index contributed by atoms with van der Waals surface area (Å²) in [6.07, 6.45) is 4.15. The molecule has 1 aliphatic heterocycles. The number of sulfone groups is 1. The van der Waals surface area contributed by atoms with Crippen molar-refractivity contribution in [2.75, 3.05) is 45.2 Å². The van der Waals surface area contributed by atoms with Crippen molar-refractivity contribution in [3.05, 3.63) is 35.9 Å². The maximum absolute atomic E-state index is 11.3. The number of nitrogens with zero attached hydrogens (tertiary/aromatic N) is 2. The number of rotatable bonds is 9. The SMILES string of the molecule is CN=C(NCC1CCN(CCc2ccccc2)C1)NC(C)CCS(C)(=O)=O.I. The Morgan fingerprint density at radius 3 is 2.68 bits per heavy atom. The first-order chi connectivity index (χ1) is 12.9. The van der Waals surface area contributed by atoms with E-state index in [0.717, 1.165) is 38.6 Å². The van der Waals surface area contributed by atoms with E-state index in [2.05, 4.69) is 50.9 Å². The zero-order chi connectivity index (χ0) is 19.7. The minimum atomic E-state index is -2.92. The van der Waals surface area contributed by atoms with Crippen LogP contribution in [0.15, 0.2) is 35.3 Å². The molecule has 2 unspecified atom stereocenters. The van der Waals surface area contributed by atoms with Gasteiger partial charge in [0.15, 0.2) is 5.96 Å². The Kier molecular flexibility index (Phi) is 11.4. The van der Waals surface area contributed by atoms with Crippen LogP contribution in [0.25, 0.3) is 0 Å². The van der Waals surface area contributed by atoms with Crippen LogP contribution in [0.4, 0.5) is 0 Å². The zero-order valence-corrected chi connectivity index (χ0v) is 20.4. The number of likely N-dealkylation sites (tertiary alicyclic amines) is 1. The van der Waals surface area contributed by atoms with Crippen LogP contribution in [0, 0.1) is 5.92 Å². The Labute approximate surface area is 187 Å². The van der Waals surface area contributed by atoms with E-state index >= 15 is 0 Å². The van der Waals surface area contributed by atoms with Crippen LogP contribution in [-0.4, -0.2) is 70.6 Å². The van der Waals surface area contributed by atoms with E-state index in [1.165, 1.54) is 18.2 Å². The average Bonchev–Trinajstić information content (AvgIpc) is 3.10. The Morgan fingerprint density at radius 2 is 2.04 bits per heavy atom. The van der Waals surface area contributed by atoms with Crippen LogP contribution in [0.3, 0.4) is 0 Å². The highest BCUT2D eigenvalue weighted by Crippen LogP contribution is 2.16. The number of hydrogen-bond donors (Lipinski definition) is 2. The van der Waals surface area contributed by atoms with E-state index in [-0.39, 0.29) is 35.8 Å². The van der Waals surface area contributed by atoms with Gasteiger partial charge in [0, 0.05) is 39.0 Å². The quantitative estimate of drug-likeness (QED) is 0.296. The molecule has 0 saturated carbocycles. The molecule has 2 atom stereocenters. The lowest BCUT2D eigenvalue weighted by Gasteiger charge is -2.20. The third-order valence-corrected chi connectivity index (χ3v) is 5.99. The molecular formula is C20H35IN4O2S. The molecule has 0 amide bonds. The fourth-order valence-corrected chi connectivity index (χ4v) is 4.13. The lowest BCUT2D eigenvalue weighted by atomic mass is 10.1. The maximum Gasteiger partial charge on any atom is 0.191 e. The van der Waals surface area contributed by atoms with Gasteiger partial charge >= 0.3 is 0 Å². The van der Waals surface area contributed by atoms with Gasteiger partial charge in [-0.15, -0.1) is 24.0 Å². The Hall–Kier alpha value is -0.870. The van der Waals surface area contributed by atoms with Crippen molar-refractivity contribution in [3.63, 3.8) is 0 Å². The monoisotopic (exact) mass is 522 g/mol. The number of guanidine groups is 1. The summed E-state index contributed by atoms with van der Waals surface area (Å²) in [7, 11) is -1.18. The molecule has 2 N–H and O–H groups in total. The summed E-state index contributed by atoms with van der Waals surface area (Å²) in [6, 6.07) is 10.7. The molecule has 0 spiro atoms. The van der Waals surface area contributed by atoms with Crippen molar-refractivity contribution < 1.29 is 8.42 Å². The summed E-state index contributed by atoms with van der Waals surface area (Å²) in [5.41, 5.74) is 1.40. The number of aliphatic imine (C=N–C) groups is 1. The normalized spacial score (nSPS) is 19.1. The molecule has 2 rings (SSSR count). The molecule has 1 heterocycles. The smallest absolute Gasteiger partial charge is 0.191 e. The van der Waals surface area contributed by atoms with E-state index in [1.807, 2.05) is 6.92 Å². The van der Waals surface area contributed by atoms with Crippen molar-refractivity contribution in [1.29, 1.82) is 0 Å². The Morgan fingerprint density at radius 1 is 1.32 bits per heavy atom. The molecule has 0 bridgehead atoms. The van der Waals surface area contributed by atoms with E-state index in [9.17, 15) is 8.42 Å². The lowest BCUT2D eigenvalue weighted by molar-refractivity contribution is 0.328. The van der Waals surface area contributed by atoms with Gasteiger partial charge in [0.1, 0.15) is 9.84 Å². The van der Waals surface area contributed by atoms with Gasteiger partial charge in [-0.05, 0) is 44.2 Å². The van der Waals surface area contributed by atoms with E-state index in [4.69, 9.17) is 0 Å². The van der Waals surface area contributed by atoms with Gasteiger partial charge in [-0.25, -0.2) is 8.42 Å². The molecule has 160 valence electrons. The van der Waals surface area contributed by atoms with Crippen LogP contribution in [0.2, 0.25) is 0 Å². The maximum atomic E-state index is 11.3. The van der Waals surface area contributed by atoms with Crippen LogP contribution < -0.4 is 10.6 Å². The average molecular weight is 522 g/mol. The van der Waals surface area contributed by atoms with Gasteiger partial charge in [0.05, 0.1) is 5.75 Å². The minimum absolute atomic E-state index is 0. The second kappa shape index (κ2) is 12.6. The molecule has 28 heavy (non-hydrogen) atoms. The minimum Gasteiger partial charge on any atom is -0.356 e. The third kappa shape index (κ3) is 10.1. The van der Waals surface area contributed by atoms with Gasteiger partial charge < -0.3 is 15.5 Å².